The number of ether oxygens (including phenoxy) is 1. The average Bonchev–Trinajstić information content (AvgIpc) is 3.05. The predicted molar refractivity (Wildman–Crippen MR) is 126 cm³/mol. The number of esters is 1. The summed E-state index contributed by atoms with van der Waals surface area (Å²) in [5.41, 5.74) is 0.961. The molecule has 1 amide bonds. The molecule has 0 bridgehead atoms. The molecule has 2 aromatic rings. The predicted octanol–water partition coefficient (Wildman–Crippen LogP) is 3.82. The first-order valence-electron chi connectivity index (χ1n) is 11.2. The lowest BCUT2D eigenvalue weighted by Crippen LogP contribution is -2.38. The molecule has 0 aliphatic carbocycles. The zero-order valence-corrected chi connectivity index (χ0v) is 19.8. The molecule has 180 valence electrons. The second-order valence-electron chi connectivity index (χ2n) is 8.15. The van der Waals surface area contributed by atoms with Crippen LogP contribution in [-0.2, 0) is 14.4 Å². The number of Topliss-reactive ketones (excluding diaryl/α,β-unsaturated/α-hetero) is 1. The largest absolute Gasteiger partial charge is 0.507 e. The molecular weight excluding hydrogens is 439 g/mol. The monoisotopic (exact) mass is 468 g/mol. The van der Waals surface area contributed by atoms with Crippen LogP contribution < -0.4 is 4.74 Å². The Hall–Kier alpha value is -3.52. The molecule has 1 unspecified atom stereocenters. The molecule has 8 heteroatoms. The summed E-state index contributed by atoms with van der Waals surface area (Å²) in [5.74, 6) is -2.61. The Labute approximate surface area is 198 Å². The summed E-state index contributed by atoms with van der Waals surface area (Å²) < 4.78 is 19.0. The lowest BCUT2D eigenvalue weighted by molar-refractivity contribution is -0.140. The lowest BCUT2D eigenvalue weighted by Gasteiger charge is -2.28. The minimum Gasteiger partial charge on any atom is -0.507 e. The highest BCUT2D eigenvalue weighted by molar-refractivity contribution is 6.46. The van der Waals surface area contributed by atoms with Crippen molar-refractivity contribution in [2.75, 3.05) is 26.2 Å². The molecule has 2 aromatic carbocycles. The number of benzene rings is 2. The van der Waals surface area contributed by atoms with E-state index in [1.54, 1.807) is 31.2 Å². The van der Waals surface area contributed by atoms with Gasteiger partial charge < -0.3 is 19.6 Å². The molecule has 7 nitrogen and oxygen atoms in total. The van der Waals surface area contributed by atoms with Gasteiger partial charge in [-0.15, -0.1) is 0 Å². The highest BCUT2D eigenvalue weighted by Crippen LogP contribution is 2.40. The van der Waals surface area contributed by atoms with E-state index in [2.05, 4.69) is 4.90 Å². The van der Waals surface area contributed by atoms with Gasteiger partial charge in [0.1, 0.15) is 17.3 Å². The van der Waals surface area contributed by atoms with Crippen LogP contribution in [0.25, 0.3) is 5.76 Å². The van der Waals surface area contributed by atoms with E-state index in [-0.39, 0.29) is 29.2 Å². The third-order valence-corrected chi connectivity index (χ3v) is 5.96. The van der Waals surface area contributed by atoms with E-state index in [1.807, 2.05) is 13.8 Å². The van der Waals surface area contributed by atoms with Crippen LogP contribution in [-0.4, -0.2) is 58.7 Å². The Morgan fingerprint density at radius 3 is 2.47 bits per heavy atom. The molecule has 34 heavy (non-hydrogen) atoms. The van der Waals surface area contributed by atoms with Gasteiger partial charge in [0.2, 0.25) is 0 Å². The number of carbonyl (C=O) groups is 3. The number of hydrogen-bond acceptors (Lipinski definition) is 6. The third kappa shape index (κ3) is 5.17. The molecule has 1 atom stereocenters. The second-order valence-corrected chi connectivity index (χ2v) is 8.15. The van der Waals surface area contributed by atoms with E-state index >= 15 is 0 Å². The molecule has 0 radical (unpaired) electrons. The summed E-state index contributed by atoms with van der Waals surface area (Å²) in [7, 11) is 0. The summed E-state index contributed by atoms with van der Waals surface area (Å²) >= 11 is 0. The topological polar surface area (TPSA) is 87.2 Å². The minimum absolute atomic E-state index is 0.0875. The number of amides is 1. The smallest absolute Gasteiger partial charge is 0.308 e. The quantitative estimate of drug-likeness (QED) is 0.208. The first-order chi connectivity index (χ1) is 16.2. The van der Waals surface area contributed by atoms with Gasteiger partial charge in [-0.3, -0.25) is 14.4 Å². The van der Waals surface area contributed by atoms with Crippen LogP contribution in [0.2, 0.25) is 0 Å². The Morgan fingerprint density at radius 1 is 1.15 bits per heavy atom. The summed E-state index contributed by atoms with van der Waals surface area (Å²) in [6.45, 7) is 9.20. The van der Waals surface area contributed by atoms with E-state index in [4.69, 9.17) is 4.74 Å². The fraction of sp³-hybridized carbons (Fsp3) is 0.346. The van der Waals surface area contributed by atoms with Gasteiger partial charge >= 0.3 is 5.97 Å². The number of ketones is 1. The van der Waals surface area contributed by atoms with Crippen LogP contribution in [0.3, 0.4) is 0 Å². The number of hydrogen-bond donors (Lipinski definition) is 1. The van der Waals surface area contributed by atoms with Crippen molar-refractivity contribution in [3.05, 3.63) is 70.5 Å². The normalized spacial score (nSPS) is 17.5. The Balaban J connectivity index is 2.14. The molecule has 3 rings (SSSR count). The minimum atomic E-state index is -0.892. The van der Waals surface area contributed by atoms with E-state index in [9.17, 15) is 23.9 Å². The zero-order valence-electron chi connectivity index (χ0n) is 19.8. The van der Waals surface area contributed by atoms with Gasteiger partial charge in [-0.25, -0.2) is 4.39 Å². The van der Waals surface area contributed by atoms with Crippen molar-refractivity contribution >= 4 is 23.4 Å². The Morgan fingerprint density at radius 2 is 1.85 bits per heavy atom. The van der Waals surface area contributed by atoms with Crippen LogP contribution in [0, 0.1) is 12.7 Å². The molecule has 1 saturated heterocycles. The maximum atomic E-state index is 13.8. The highest BCUT2D eigenvalue weighted by atomic mass is 19.1. The second kappa shape index (κ2) is 10.6. The summed E-state index contributed by atoms with van der Waals surface area (Å²) in [6, 6.07) is 9.64. The molecule has 1 aliphatic rings. The molecule has 1 heterocycles. The van der Waals surface area contributed by atoms with Crippen molar-refractivity contribution < 1.29 is 28.6 Å². The van der Waals surface area contributed by atoms with E-state index in [1.165, 1.54) is 30.0 Å². The number of likely N-dealkylation sites (tertiary alicyclic amines) is 1. The summed E-state index contributed by atoms with van der Waals surface area (Å²) in [6.07, 6.45) is 0. The fourth-order valence-electron chi connectivity index (χ4n) is 4.11. The van der Waals surface area contributed by atoms with Crippen LogP contribution >= 0.6 is 0 Å². The van der Waals surface area contributed by atoms with E-state index < -0.39 is 29.5 Å². The number of carbonyl (C=O) groups excluding carboxylic acids is 3. The van der Waals surface area contributed by atoms with Crippen LogP contribution in [0.4, 0.5) is 4.39 Å². The number of nitrogens with zero attached hydrogens (tertiary/aromatic N) is 2. The van der Waals surface area contributed by atoms with Crippen molar-refractivity contribution in [3.63, 3.8) is 0 Å². The number of likely N-dealkylation sites (N-methyl/N-ethyl adjacent to an activating group) is 1. The van der Waals surface area contributed by atoms with Crippen molar-refractivity contribution in [1.82, 2.24) is 9.80 Å². The van der Waals surface area contributed by atoms with Crippen molar-refractivity contribution in [1.29, 1.82) is 0 Å². The van der Waals surface area contributed by atoms with Crippen molar-refractivity contribution in [2.45, 2.75) is 33.7 Å². The number of aliphatic hydroxyl groups is 1. The summed E-state index contributed by atoms with van der Waals surface area (Å²) in [5, 5.41) is 11.1. The molecule has 1 N–H and O–H groups in total. The van der Waals surface area contributed by atoms with Crippen molar-refractivity contribution in [2.24, 2.45) is 0 Å². The first-order valence-corrected chi connectivity index (χ1v) is 11.2. The fourth-order valence-corrected chi connectivity index (χ4v) is 4.11. The number of aliphatic hydroxyl groups excluding tert-OH is 1. The van der Waals surface area contributed by atoms with Crippen LogP contribution in [0.1, 0.15) is 43.5 Å². The average molecular weight is 469 g/mol. The molecule has 0 saturated carbocycles. The number of rotatable bonds is 8. The molecule has 1 aliphatic heterocycles. The SMILES string of the molecule is CCN(CC)CCN1C(=O)C(=O)/C(=C(\O)c2ccc(F)c(C)c2)C1c1cccc(OC(C)=O)c1. The Bertz CT molecular complexity index is 1140. The standard InChI is InChI=1S/C26H29FN2O5/c1-5-28(6-2)12-13-29-23(18-8-7-9-20(15-18)34-17(4)30)22(25(32)26(29)33)24(31)19-10-11-21(27)16(3)14-19/h7-11,14-15,23,31H,5-6,12-13H2,1-4H3/b24-22-. The van der Waals surface area contributed by atoms with Gasteiger partial charge in [-0.05, 0) is 61.5 Å². The van der Waals surface area contributed by atoms with Gasteiger partial charge in [0, 0.05) is 25.6 Å². The third-order valence-electron chi connectivity index (χ3n) is 5.96. The van der Waals surface area contributed by atoms with E-state index in [0.717, 1.165) is 13.1 Å². The number of halogens is 1. The van der Waals surface area contributed by atoms with Gasteiger partial charge in [-0.2, -0.15) is 0 Å². The number of aryl methyl sites for hydroxylation is 1. The van der Waals surface area contributed by atoms with E-state index in [0.29, 0.717) is 17.7 Å². The maximum absolute atomic E-state index is 13.8. The van der Waals surface area contributed by atoms with Crippen molar-refractivity contribution in [3.8, 4) is 5.75 Å². The molecule has 0 spiro atoms. The van der Waals surface area contributed by atoms with Gasteiger partial charge in [0.05, 0.1) is 11.6 Å². The van der Waals surface area contributed by atoms with Gasteiger partial charge in [0.15, 0.2) is 0 Å². The van der Waals surface area contributed by atoms with Crippen LogP contribution in [0.15, 0.2) is 48.0 Å². The lowest BCUT2D eigenvalue weighted by atomic mass is 9.94. The molecular formula is C26H29FN2O5. The van der Waals surface area contributed by atoms with Gasteiger partial charge in [0.25, 0.3) is 11.7 Å². The maximum Gasteiger partial charge on any atom is 0.308 e. The molecule has 0 aromatic heterocycles. The Kier molecular flexibility index (Phi) is 7.83. The summed E-state index contributed by atoms with van der Waals surface area (Å²) in [4.78, 5) is 41.2. The molecule has 1 fully saturated rings. The van der Waals surface area contributed by atoms with Crippen LogP contribution in [0.5, 0.6) is 5.75 Å². The highest BCUT2D eigenvalue weighted by Gasteiger charge is 2.46. The van der Waals surface area contributed by atoms with Gasteiger partial charge in [-0.1, -0.05) is 26.0 Å². The zero-order chi connectivity index (χ0) is 25.0. The first kappa shape index (κ1) is 25.1.